The van der Waals surface area contributed by atoms with Gasteiger partial charge in [-0.2, -0.15) is 13.2 Å². The summed E-state index contributed by atoms with van der Waals surface area (Å²) in [6.07, 6.45) is -4.63. The van der Waals surface area contributed by atoms with Gasteiger partial charge in [0.25, 0.3) is 11.7 Å². The molecule has 0 bridgehead atoms. The van der Waals surface area contributed by atoms with Gasteiger partial charge in [0.2, 0.25) is 0 Å². The first-order chi connectivity index (χ1) is 16.5. The summed E-state index contributed by atoms with van der Waals surface area (Å²) in [4.78, 5) is 29.2. The molecule has 0 saturated carbocycles. The number of aryl methyl sites for hydroxylation is 1. The minimum absolute atomic E-state index is 0.0911. The average molecular weight is 480 g/mol. The monoisotopic (exact) mass is 480 g/mol. The first kappa shape index (κ1) is 24.1. The predicted octanol–water partition coefficient (Wildman–Crippen LogP) is 5.71. The van der Waals surface area contributed by atoms with Crippen molar-refractivity contribution in [2.45, 2.75) is 19.1 Å². The average Bonchev–Trinajstić information content (AvgIpc) is 3.09. The molecule has 35 heavy (non-hydrogen) atoms. The Hall–Kier alpha value is -4.07. The number of benzene rings is 3. The molecule has 1 unspecified atom stereocenters. The van der Waals surface area contributed by atoms with Crippen molar-refractivity contribution in [3.63, 3.8) is 0 Å². The summed E-state index contributed by atoms with van der Waals surface area (Å²) in [6, 6.07) is 16.8. The number of aliphatic hydroxyl groups excluding tert-OH is 1. The van der Waals surface area contributed by atoms with Gasteiger partial charge in [-0.25, -0.2) is 0 Å². The maximum atomic E-state index is 13.4. The van der Waals surface area contributed by atoms with Crippen LogP contribution in [-0.2, 0) is 15.8 Å². The number of alkyl halides is 3. The predicted molar refractivity (Wildman–Crippen MR) is 128 cm³/mol. The van der Waals surface area contributed by atoms with E-state index in [0.29, 0.717) is 11.1 Å². The smallest absolute Gasteiger partial charge is 0.416 e. The highest BCUT2D eigenvalue weighted by molar-refractivity contribution is 6.51. The Bertz CT molecular complexity index is 1310. The van der Waals surface area contributed by atoms with Crippen LogP contribution in [0.15, 0.2) is 78.4 Å². The summed E-state index contributed by atoms with van der Waals surface area (Å²) in [5, 5.41) is 11.1. The molecule has 180 valence electrons. The minimum Gasteiger partial charge on any atom is -0.507 e. The minimum atomic E-state index is -4.63. The molecule has 0 spiro atoms. The van der Waals surface area contributed by atoms with Crippen LogP contribution >= 0.6 is 0 Å². The lowest BCUT2D eigenvalue weighted by molar-refractivity contribution is -0.137. The second kappa shape index (κ2) is 8.94. The number of ketones is 1. The summed E-state index contributed by atoms with van der Waals surface area (Å²) in [6.45, 7) is 1.86. The molecule has 0 radical (unpaired) electrons. The Morgan fingerprint density at radius 1 is 0.943 bits per heavy atom. The van der Waals surface area contributed by atoms with Crippen LogP contribution in [0.25, 0.3) is 5.76 Å². The van der Waals surface area contributed by atoms with Crippen molar-refractivity contribution in [1.29, 1.82) is 0 Å². The van der Waals surface area contributed by atoms with Gasteiger partial charge in [0, 0.05) is 31.0 Å². The van der Waals surface area contributed by atoms with E-state index < -0.39 is 29.5 Å². The molecule has 1 N–H and O–H groups in total. The Morgan fingerprint density at radius 2 is 1.57 bits per heavy atom. The van der Waals surface area contributed by atoms with E-state index in [0.717, 1.165) is 28.3 Å². The van der Waals surface area contributed by atoms with Crippen molar-refractivity contribution < 1.29 is 27.9 Å². The van der Waals surface area contributed by atoms with Crippen LogP contribution in [0.4, 0.5) is 24.5 Å². The zero-order chi connectivity index (χ0) is 25.5. The zero-order valence-electron chi connectivity index (χ0n) is 19.3. The molecule has 1 aliphatic rings. The van der Waals surface area contributed by atoms with Gasteiger partial charge in [-0.05, 0) is 42.8 Å². The number of hydrogen-bond donors (Lipinski definition) is 1. The van der Waals surface area contributed by atoms with E-state index >= 15 is 0 Å². The molecule has 1 heterocycles. The van der Waals surface area contributed by atoms with Crippen LogP contribution in [0.1, 0.15) is 28.3 Å². The van der Waals surface area contributed by atoms with E-state index in [4.69, 9.17) is 0 Å². The number of Topliss-reactive ketones (excluding diaryl/α,β-unsaturated/α-hetero) is 1. The van der Waals surface area contributed by atoms with Gasteiger partial charge in [0.05, 0.1) is 17.2 Å². The van der Waals surface area contributed by atoms with Gasteiger partial charge >= 0.3 is 6.18 Å². The SMILES string of the molecule is Cc1ccc(/C(O)=C2\C(=O)C(=O)N(c3cccc(C(F)(F)F)c3)C2c2ccc(N(C)C)cc2)cc1. The Labute approximate surface area is 200 Å². The Kier molecular flexibility index (Phi) is 6.15. The van der Waals surface area contributed by atoms with Gasteiger partial charge in [-0.15, -0.1) is 0 Å². The highest BCUT2D eigenvalue weighted by atomic mass is 19.4. The normalized spacial score (nSPS) is 17.7. The van der Waals surface area contributed by atoms with Crippen molar-refractivity contribution >= 4 is 28.8 Å². The number of aliphatic hydroxyl groups is 1. The molecular weight excluding hydrogens is 457 g/mol. The summed E-state index contributed by atoms with van der Waals surface area (Å²) in [5.74, 6) is -2.37. The van der Waals surface area contributed by atoms with Crippen LogP contribution in [0, 0.1) is 6.92 Å². The molecule has 0 aliphatic carbocycles. The summed E-state index contributed by atoms with van der Waals surface area (Å²) in [7, 11) is 3.70. The first-order valence-corrected chi connectivity index (χ1v) is 10.8. The van der Waals surface area contributed by atoms with Crippen LogP contribution in [0.5, 0.6) is 0 Å². The van der Waals surface area contributed by atoms with Crippen molar-refractivity contribution in [1.82, 2.24) is 0 Å². The quantitative estimate of drug-likeness (QED) is 0.295. The molecule has 3 aromatic rings. The van der Waals surface area contributed by atoms with E-state index in [1.54, 1.807) is 48.5 Å². The van der Waals surface area contributed by atoms with Gasteiger partial charge in [-0.1, -0.05) is 48.0 Å². The number of hydrogen-bond acceptors (Lipinski definition) is 4. The molecule has 8 heteroatoms. The zero-order valence-corrected chi connectivity index (χ0v) is 19.3. The molecule has 3 aromatic carbocycles. The lowest BCUT2D eigenvalue weighted by Crippen LogP contribution is -2.29. The largest absolute Gasteiger partial charge is 0.507 e. The van der Waals surface area contributed by atoms with E-state index in [9.17, 15) is 27.9 Å². The van der Waals surface area contributed by atoms with Gasteiger partial charge in [-0.3, -0.25) is 14.5 Å². The first-order valence-electron chi connectivity index (χ1n) is 10.8. The molecule has 1 atom stereocenters. The number of anilines is 2. The van der Waals surface area contributed by atoms with E-state index in [2.05, 4.69) is 0 Å². The van der Waals surface area contributed by atoms with Crippen LogP contribution in [-0.4, -0.2) is 30.9 Å². The van der Waals surface area contributed by atoms with E-state index in [-0.39, 0.29) is 17.0 Å². The molecule has 4 rings (SSSR count). The fourth-order valence-electron chi connectivity index (χ4n) is 4.07. The number of rotatable bonds is 4. The van der Waals surface area contributed by atoms with Crippen molar-refractivity contribution in [2.75, 3.05) is 23.9 Å². The van der Waals surface area contributed by atoms with Gasteiger partial charge in [0.1, 0.15) is 5.76 Å². The Balaban J connectivity index is 1.93. The topological polar surface area (TPSA) is 60.9 Å². The van der Waals surface area contributed by atoms with Crippen LogP contribution in [0.2, 0.25) is 0 Å². The van der Waals surface area contributed by atoms with Crippen LogP contribution < -0.4 is 9.80 Å². The third-order valence-corrected chi connectivity index (χ3v) is 5.95. The molecule has 1 aliphatic heterocycles. The lowest BCUT2D eigenvalue weighted by Gasteiger charge is -2.26. The highest BCUT2D eigenvalue weighted by Gasteiger charge is 2.47. The van der Waals surface area contributed by atoms with Crippen molar-refractivity contribution in [3.8, 4) is 0 Å². The fourth-order valence-corrected chi connectivity index (χ4v) is 4.07. The summed E-state index contributed by atoms with van der Waals surface area (Å²) >= 11 is 0. The van der Waals surface area contributed by atoms with Crippen LogP contribution in [0.3, 0.4) is 0 Å². The summed E-state index contributed by atoms with van der Waals surface area (Å²) in [5.41, 5.74) is 1.36. The lowest BCUT2D eigenvalue weighted by atomic mass is 9.94. The van der Waals surface area contributed by atoms with E-state index in [1.807, 2.05) is 25.9 Å². The number of carbonyl (C=O) groups is 2. The molecular formula is C27H23F3N2O3. The van der Waals surface area contributed by atoms with Gasteiger partial charge in [0.15, 0.2) is 0 Å². The molecule has 1 amide bonds. The second-order valence-electron chi connectivity index (χ2n) is 8.57. The second-order valence-corrected chi connectivity index (χ2v) is 8.57. The third kappa shape index (κ3) is 4.51. The highest BCUT2D eigenvalue weighted by Crippen LogP contribution is 2.43. The Morgan fingerprint density at radius 3 is 2.14 bits per heavy atom. The number of halogens is 3. The third-order valence-electron chi connectivity index (χ3n) is 5.95. The standard InChI is InChI=1S/C27H23F3N2O3/c1-16-7-9-18(10-8-16)24(33)22-23(17-11-13-20(14-12-17)31(2)3)32(26(35)25(22)34)21-6-4-5-19(15-21)27(28,29)30/h4-15,23,33H,1-3H3/b24-22+. The molecule has 1 fully saturated rings. The maximum absolute atomic E-state index is 13.4. The number of carbonyl (C=O) groups excluding carboxylic acids is 2. The number of amides is 1. The molecule has 1 saturated heterocycles. The van der Waals surface area contributed by atoms with Crippen molar-refractivity contribution in [2.24, 2.45) is 0 Å². The van der Waals surface area contributed by atoms with E-state index in [1.165, 1.54) is 12.1 Å². The van der Waals surface area contributed by atoms with Gasteiger partial charge < -0.3 is 10.0 Å². The molecule has 5 nitrogen and oxygen atoms in total. The maximum Gasteiger partial charge on any atom is 0.416 e. The number of nitrogens with zero attached hydrogens (tertiary/aromatic N) is 2. The molecule has 0 aromatic heterocycles. The van der Waals surface area contributed by atoms with Crippen molar-refractivity contribution in [3.05, 3.63) is 101 Å². The summed E-state index contributed by atoms with van der Waals surface area (Å²) < 4.78 is 40.2. The fraction of sp³-hybridized carbons (Fsp3) is 0.185.